The Morgan fingerprint density at radius 1 is 0.909 bits per heavy atom. The Balaban J connectivity index is 1.97. The molecule has 5 aromatic rings. The molecule has 0 N–H and O–H groups in total. The minimum absolute atomic E-state index is 0.584. The number of benzene rings is 3. The molecule has 0 aliphatic carbocycles. The van der Waals surface area contributed by atoms with E-state index in [-0.39, 0.29) is 0 Å². The third-order valence-electron chi connectivity index (χ3n) is 5.65. The second kappa shape index (κ2) is 9.17. The van der Waals surface area contributed by atoms with Crippen LogP contribution >= 0.6 is 22.7 Å². The Labute approximate surface area is 207 Å². The van der Waals surface area contributed by atoms with Gasteiger partial charge in [0, 0.05) is 31.7 Å². The van der Waals surface area contributed by atoms with Crippen molar-refractivity contribution < 1.29 is 0 Å². The fourth-order valence-corrected chi connectivity index (χ4v) is 7.49. The molecule has 0 atom stereocenters. The van der Waals surface area contributed by atoms with Crippen LogP contribution in [0.25, 0.3) is 42.4 Å². The predicted molar refractivity (Wildman–Crippen MR) is 151 cm³/mol. The van der Waals surface area contributed by atoms with Gasteiger partial charge in [0.15, 0.2) is 0 Å². The molecule has 4 radical (unpaired) electrons. The molecule has 0 unspecified atom stereocenters. The maximum atomic E-state index is 4.30. The topological polar surface area (TPSA) is 0 Å². The number of aryl methyl sites for hydroxylation is 1. The zero-order valence-corrected chi connectivity index (χ0v) is 22.4. The summed E-state index contributed by atoms with van der Waals surface area (Å²) in [5, 5.41) is 5.93. The third kappa shape index (κ3) is 3.80. The van der Waals surface area contributed by atoms with Gasteiger partial charge < -0.3 is 0 Å². The van der Waals surface area contributed by atoms with E-state index in [1.165, 1.54) is 40.7 Å². The van der Waals surface area contributed by atoms with Crippen LogP contribution in [-0.2, 0) is 0 Å². The molecule has 0 spiro atoms. The number of fused-ring (bicyclic) bond motifs is 4. The zero-order chi connectivity index (χ0) is 22.9. The maximum absolute atomic E-state index is 4.30. The second-order valence-electron chi connectivity index (χ2n) is 7.67. The molecule has 2 aromatic heterocycles. The number of thiophene rings is 2. The van der Waals surface area contributed by atoms with Gasteiger partial charge in [-0.1, -0.05) is 80.0 Å². The molecule has 0 bridgehead atoms. The lowest BCUT2D eigenvalue weighted by atomic mass is 10.00. The molecule has 33 heavy (non-hydrogen) atoms. The molecule has 0 amide bonds. The zero-order valence-electron chi connectivity index (χ0n) is 18.7. The standard InChI is InChI=1S/C29H20S2Si2/c1-18-9-5-7-11-21(18)23(13-15-32-3)26-19(2)30-29-27-24(14-16-33-4)22-12-8-6-10-20(22)17-25(27)31-28(26)29/h5-12,17H,1H2,2-4H3/b23-21-. The molecular formula is C29H20S2Si2. The van der Waals surface area contributed by atoms with Gasteiger partial charge in [-0.15, -0.1) is 33.8 Å². The summed E-state index contributed by atoms with van der Waals surface area (Å²) in [7, 11) is 1.19. The molecule has 0 aliphatic heterocycles. The minimum atomic E-state index is 0.584. The van der Waals surface area contributed by atoms with E-state index in [0.29, 0.717) is 19.0 Å². The normalized spacial score (nSPS) is 11.8. The van der Waals surface area contributed by atoms with Crippen molar-refractivity contribution in [1.82, 2.24) is 0 Å². The van der Waals surface area contributed by atoms with Crippen molar-refractivity contribution >= 4 is 84.1 Å². The first-order chi connectivity index (χ1) is 16.1. The predicted octanol–water partition coefficient (Wildman–Crippen LogP) is 5.96. The molecule has 0 saturated heterocycles. The molecule has 3 aromatic carbocycles. The fraction of sp³-hybridized carbons (Fsp3) is 0.103. The van der Waals surface area contributed by atoms with Gasteiger partial charge in [-0.3, -0.25) is 0 Å². The van der Waals surface area contributed by atoms with E-state index in [1.807, 2.05) is 28.7 Å². The largest absolute Gasteiger partial charge is 0.144 e. The van der Waals surface area contributed by atoms with E-state index in [1.54, 1.807) is 0 Å². The van der Waals surface area contributed by atoms with E-state index in [2.05, 4.69) is 98.1 Å². The van der Waals surface area contributed by atoms with Crippen LogP contribution in [0.4, 0.5) is 0 Å². The van der Waals surface area contributed by atoms with Crippen LogP contribution < -0.4 is 10.4 Å². The van der Waals surface area contributed by atoms with Gasteiger partial charge in [-0.25, -0.2) is 0 Å². The van der Waals surface area contributed by atoms with Crippen molar-refractivity contribution in [2.45, 2.75) is 20.0 Å². The maximum Gasteiger partial charge on any atom is 0.144 e. The first-order valence-electron chi connectivity index (χ1n) is 10.7. The third-order valence-corrected chi connectivity index (χ3v) is 8.81. The van der Waals surface area contributed by atoms with Crippen molar-refractivity contribution in [3.63, 3.8) is 0 Å². The van der Waals surface area contributed by atoms with Gasteiger partial charge in [0.1, 0.15) is 19.0 Å². The molecule has 5 rings (SSSR count). The Morgan fingerprint density at radius 2 is 1.67 bits per heavy atom. The highest BCUT2D eigenvalue weighted by Crippen LogP contribution is 2.47. The molecule has 0 aliphatic rings. The molecule has 0 fully saturated rings. The molecule has 4 heteroatoms. The van der Waals surface area contributed by atoms with Crippen LogP contribution in [0, 0.1) is 29.9 Å². The first kappa shape index (κ1) is 22.0. The molecule has 2 heterocycles. The average molecular weight is 489 g/mol. The lowest BCUT2D eigenvalue weighted by molar-refractivity contribution is 1.49. The Kier molecular flexibility index (Phi) is 6.10. The monoisotopic (exact) mass is 488 g/mol. The van der Waals surface area contributed by atoms with Gasteiger partial charge in [0.05, 0.1) is 9.40 Å². The summed E-state index contributed by atoms with van der Waals surface area (Å²) < 4.78 is 3.95. The molecule has 0 saturated carbocycles. The molecule has 156 valence electrons. The summed E-state index contributed by atoms with van der Waals surface area (Å²) in [5.74, 6) is 7.04. The quantitative estimate of drug-likeness (QED) is 0.202. The number of rotatable bonds is 1. The average Bonchev–Trinajstić information content (AvgIpc) is 3.32. The van der Waals surface area contributed by atoms with Crippen LogP contribution in [0.1, 0.15) is 16.0 Å². The highest BCUT2D eigenvalue weighted by Gasteiger charge is 2.20. The van der Waals surface area contributed by atoms with Crippen LogP contribution in [-0.4, -0.2) is 19.0 Å². The Morgan fingerprint density at radius 3 is 2.45 bits per heavy atom. The van der Waals surface area contributed by atoms with Crippen LogP contribution in [0.5, 0.6) is 0 Å². The highest BCUT2D eigenvalue weighted by molar-refractivity contribution is 7.33. The van der Waals surface area contributed by atoms with E-state index in [9.17, 15) is 0 Å². The summed E-state index contributed by atoms with van der Waals surface area (Å²) in [5.41, 5.74) is 10.2. The fourth-order valence-electron chi connectivity index (χ4n) is 4.22. The molecule has 0 nitrogen and oxygen atoms in total. The van der Waals surface area contributed by atoms with Crippen molar-refractivity contribution in [1.29, 1.82) is 0 Å². The van der Waals surface area contributed by atoms with Gasteiger partial charge in [-0.2, -0.15) is 0 Å². The first-order valence-corrected chi connectivity index (χ1v) is 15.3. The summed E-state index contributed by atoms with van der Waals surface area (Å²) in [6.07, 6.45) is 0. The SMILES string of the molecule is C=c1cccc/c1=C(\C#C[Si]C)c1c(C)sc2c1sc1cc3ccccc3c(C#C[Si]C)c12. The lowest BCUT2D eigenvalue weighted by Crippen LogP contribution is -2.25. The van der Waals surface area contributed by atoms with E-state index < -0.39 is 0 Å². The summed E-state index contributed by atoms with van der Waals surface area (Å²) in [4.78, 5) is 1.30. The van der Waals surface area contributed by atoms with Gasteiger partial charge in [0.25, 0.3) is 0 Å². The lowest BCUT2D eigenvalue weighted by Gasteiger charge is -2.04. The van der Waals surface area contributed by atoms with Crippen LogP contribution in [0.15, 0.2) is 54.6 Å². The van der Waals surface area contributed by atoms with Crippen LogP contribution in [0.3, 0.4) is 0 Å². The van der Waals surface area contributed by atoms with E-state index in [0.717, 1.165) is 21.6 Å². The van der Waals surface area contributed by atoms with E-state index in [4.69, 9.17) is 0 Å². The highest BCUT2D eigenvalue weighted by atomic mass is 32.1. The summed E-state index contributed by atoms with van der Waals surface area (Å²) in [6.45, 7) is 10.8. The molecular weight excluding hydrogens is 469 g/mol. The van der Waals surface area contributed by atoms with Gasteiger partial charge in [-0.05, 0) is 34.2 Å². The Bertz CT molecular complexity index is 1780. The van der Waals surface area contributed by atoms with Crippen molar-refractivity contribution in [2.24, 2.45) is 0 Å². The second-order valence-corrected chi connectivity index (χ2v) is 11.4. The van der Waals surface area contributed by atoms with Crippen molar-refractivity contribution in [3.05, 3.63) is 81.0 Å². The van der Waals surface area contributed by atoms with Gasteiger partial charge >= 0.3 is 0 Å². The summed E-state index contributed by atoms with van der Waals surface area (Å²) in [6, 6.07) is 19.3. The Hall–Kier alpha value is -2.87. The smallest absolute Gasteiger partial charge is 0.138 e. The van der Waals surface area contributed by atoms with Crippen molar-refractivity contribution in [3.8, 4) is 22.9 Å². The number of hydrogen-bond acceptors (Lipinski definition) is 2. The van der Waals surface area contributed by atoms with E-state index >= 15 is 0 Å². The van der Waals surface area contributed by atoms with Crippen LogP contribution in [0.2, 0.25) is 13.1 Å². The number of hydrogen-bond donors (Lipinski definition) is 0. The van der Waals surface area contributed by atoms with Gasteiger partial charge in [0.2, 0.25) is 0 Å². The van der Waals surface area contributed by atoms with Crippen molar-refractivity contribution in [2.75, 3.05) is 0 Å². The summed E-state index contributed by atoms with van der Waals surface area (Å²) >= 11 is 3.74. The minimum Gasteiger partial charge on any atom is -0.138 e.